The minimum Gasteiger partial charge on any atom is 0 e. The van der Waals surface area contributed by atoms with E-state index in [9.17, 15) is 9.90 Å². The zero-order valence-corrected chi connectivity index (χ0v) is 36.5. The van der Waals surface area contributed by atoms with Crippen molar-refractivity contribution in [2.75, 3.05) is 0 Å². The van der Waals surface area contributed by atoms with E-state index in [1.165, 1.54) is 42.8 Å². The van der Waals surface area contributed by atoms with Gasteiger partial charge in [0, 0.05) is 37.0 Å². The van der Waals surface area contributed by atoms with Crippen LogP contribution < -0.4 is 4.40 Å². The third-order valence-corrected chi connectivity index (χ3v) is 15.4. The van der Waals surface area contributed by atoms with Crippen LogP contribution in [0.4, 0.5) is 0 Å². The van der Waals surface area contributed by atoms with Crippen molar-refractivity contribution in [1.29, 1.82) is 0 Å². The van der Waals surface area contributed by atoms with Gasteiger partial charge in [-0.3, -0.25) is 4.79 Å². The van der Waals surface area contributed by atoms with E-state index in [2.05, 4.69) is 99.6 Å². The van der Waals surface area contributed by atoms with Crippen LogP contribution in [0.2, 0.25) is 17.3 Å². The van der Waals surface area contributed by atoms with E-state index in [0.29, 0.717) is 0 Å². The van der Waals surface area contributed by atoms with Crippen molar-refractivity contribution < 1.29 is 30.0 Å². The quantitative estimate of drug-likeness (QED) is 0.0766. The number of carbonyl (C=O) groups excluding carboxylic acids is 1. The number of hydrogen-bond acceptors (Lipinski definition) is 4. The van der Waals surface area contributed by atoms with Crippen LogP contribution in [0.1, 0.15) is 86.3 Å². The average Bonchev–Trinajstić information content (AvgIpc) is 3.39. The molecule has 5 aromatic rings. The van der Waals surface area contributed by atoms with Gasteiger partial charge in [-0.2, -0.15) is 0 Å². The fourth-order valence-corrected chi connectivity index (χ4v) is 9.27. The summed E-state index contributed by atoms with van der Waals surface area (Å²) in [5, 5.41) is 15.0. The summed E-state index contributed by atoms with van der Waals surface area (Å²) < 4.78 is 4.23. The average molecular weight is 902 g/mol. The zero-order valence-electron chi connectivity index (χ0n) is 31.2. The molecule has 0 saturated carbocycles. The van der Waals surface area contributed by atoms with Gasteiger partial charge in [0.1, 0.15) is 5.76 Å². The molecule has 0 aliphatic rings. The standard InChI is InChI=1S/C29H30GeNS.C13H24O2.Ir/c1-18-14-21(30(5,6)7)17-24-23-12-13-31-26(28(23)32-27(18)24)20-15-19-10-8-9-11-22(19)25(16-20)29(2,3)4;1-7-12(3,4)10(14)9-11(15)13(5,6)8-2;/h8-14,16-17H,1-7H3;9,14H,7-8H2,1-6H3;/q-1;;/b;10-9-;. The number of rotatable bonds is 7. The summed E-state index contributed by atoms with van der Waals surface area (Å²) >= 11 is -0.0416. The largest absolute Gasteiger partial charge is 0 e. The van der Waals surface area contributed by atoms with Crippen LogP contribution >= 0.6 is 11.3 Å². The van der Waals surface area contributed by atoms with E-state index in [0.717, 1.165) is 29.5 Å². The van der Waals surface area contributed by atoms with Crippen LogP contribution in [0.15, 0.2) is 66.6 Å². The summed E-state index contributed by atoms with van der Waals surface area (Å²) in [7, 11) is 0. The van der Waals surface area contributed by atoms with Gasteiger partial charge in [0.05, 0.1) is 0 Å². The van der Waals surface area contributed by atoms with Crippen molar-refractivity contribution >= 4 is 65.7 Å². The summed E-state index contributed by atoms with van der Waals surface area (Å²) in [6, 6.07) is 21.7. The summed E-state index contributed by atoms with van der Waals surface area (Å²) in [4.78, 5) is 16.7. The Morgan fingerprint density at radius 3 is 2.08 bits per heavy atom. The Bertz CT molecular complexity index is 1970. The van der Waals surface area contributed by atoms with Gasteiger partial charge < -0.3 is 5.11 Å². The van der Waals surface area contributed by atoms with Crippen LogP contribution in [0.3, 0.4) is 0 Å². The van der Waals surface area contributed by atoms with E-state index < -0.39 is 13.3 Å². The SMILES string of the molecule is CCC(C)(C)C(=O)/C=C(\O)C(C)(C)CC.Cc1c[c]([Ge]([CH3])([CH3])[CH3])cc2c1sc1c(-c3[c-]c4ccccc4c(C(C)(C)C)c3)nccc12.[Ir]. The molecule has 1 radical (unpaired) electrons. The van der Waals surface area contributed by atoms with Gasteiger partial charge in [-0.05, 0) is 12.8 Å². The molecular formula is C42H54GeIrNO2S-. The molecule has 2 heterocycles. The van der Waals surface area contributed by atoms with Crippen molar-refractivity contribution in [3.8, 4) is 11.3 Å². The van der Waals surface area contributed by atoms with E-state index in [1.54, 1.807) is 4.40 Å². The zero-order chi connectivity index (χ0) is 35.1. The van der Waals surface area contributed by atoms with E-state index >= 15 is 0 Å². The number of carbonyl (C=O) groups is 1. The normalized spacial score (nSPS) is 13.0. The molecule has 2 aromatic heterocycles. The smallest absolute Gasteiger partial charge is 0 e. The first-order valence-electron chi connectivity index (χ1n) is 16.9. The van der Waals surface area contributed by atoms with Crippen LogP contribution in [-0.2, 0) is 30.3 Å². The summed E-state index contributed by atoms with van der Waals surface area (Å²) in [5.74, 6) is 7.61. The van der Waals surface area contributed by atoms with Gasteiger partial charge in [-0.15, -0.1) is 0 Å². The first kappa shape index (κ1) is 40.1. The summed E-state index contributed by atoms with van der Waals surface area (Å²) in [5.41, 5.74) is 4.25. The van der Waals surface area contributed by atoms with Crippen molar-refractivity contribution in [2.45, 2.75) is 105 Å². The minimum atomic E-state index is -1.93. The Balaban J connectivity index is 0.000000334. The van der Waals surface area contributed by atoms with E-state index in [1.807, 2.05) is 59.1 Å². The second kappa shape index (κ2) is 14.9. The number of hydrogen-bond donors (Lipinski definition) is 1. The van der Waals surface area contributed by atoms with Crippen LogP contribution in [-0.4, -0.2) is 29.1 Å². The molecule has 259 valence electrons. The van der Waals surface area contributed by atoms with Crippen molar-refractivity contribution in [2.24, 2.45) is 10.8 Å². The number of thiophene rings is 1. The van der Waals surface area contributed by atoms with E-state index in [4.69, 9.17) is 4.98 Å². The molecular weight excluding hydrogens is 847 g/mol. The van der Waals surface area contributed by atoms with Gasteiger partial charge >= 0.3 is 198 Å². The predicted molar refractivity (Wildman–Crippen MR) is 209 cm³/mol. The maximum Gasteiger partial charge on any atom is 0 e. The van der Waals surface area contributed by atoms with Crippen LogP contribution in [0, 0.1) is 23.8 Å². The maximum atomic E-state index is 11.8. The van der Waals surface area contributed by atoms with Crippen molar-refractivity contribution in [3.63, 3.8) is 0 Å². The first-order valence-corrected chi connectivity index (χ1v) is 25.1. The monoisotopic (exact) mass is 903 g/mol. The second-order valence-corrected chi connectivity index (χ2v) is 28.0. The number of aromatic nitrogens is 1. The molecule has 0 atom stereocenters. The maximum absolute atomic E-state index is 11.8. The molecule has 0 saturated heterocycles. The van der Waals surface area contributed by atoms with E-state index in [-0.39, 0.29) is 47.9 Å². The number of aryl methyl sites for hydroxylation is 1. The molecule has 0 spiro atoms. The van der Waals surface area contributed by atoms with Crippen molar-refractivity contribution in [1.82, 2.24) is 4.98 Å². The van der Waals surface area contributed by atoms with Crippen LogP contribution in [0.25, 0.3) is 42.2 Å². The molecule has 0 aliphatic carbocycles. The van der Waals surface area contributed by atoms with Gasteiger partial charge in [-0.25, -0.2) is 0 Å². The summed E-state index contributed by atoms with van der Waals surface area (Å²) in [6.45, 7) is 20.8. The van der Waals surface area contributed by atoms with Crippen molar-refractivity contribution in [3.05, 3.63) is 83.8 Å². The second-order valence-electron chi connectivity index (χ2n) is 16.3. The molecule has 48 heavy (non-hydrogen) atoms. The van der Waals surface area contributed by atoms with Gasteiger partial charge in [0.2, 0.25) is 0 Å². The first-order chi connectivity index (χ1) is 21.7. The minimum absolute atomic E-state index is 0. The Labute approximate surface area is 309 Å². The fraction of sp³-hybridized carbons (Fsp3) is 0.429. The molecule has 0 aliphatic heterocycles. The topological polar surface area (TPSA) is 50.2 Å². The number of allylic oxidation sites excluding steroid dienone is 2. The third kappa shape index (κ3) is 8.52. The predicted octanol–water partition coefficient (Wildman–Crippen LogP) is 12.1. The fourth-order valence-electron chi connectivity index (χ4n) is 5.45. The van der Waals surface area contributed by atoms with Gasteiger partial charge in [0.15, 0.2) is 5.78 Å². The molecule has 6 heteroatoms. The number of benzene rings is 3. The van der Waals surface area contributed by atoms with Crippen LogP contribution in [0.5, 0.6) is 0 Å². The summed E-state index contributed by atoms with van der Waals surface area (Å²) in [6.07, 6.45) is 4.97. The van der Waals surface area contributed by atoms with Gasteiger partial charge in [0.25, 0.3) is 0 Å². The van der Waals surface area contributed by atoms with Gasteiger partial charge in [-0.1, -0.05) is 41.5 Å². The number of aliphatic hydroxyl groups is 1. The molecule has 0 bridgehead atoms. The molecule has 0 fully saturated rings. The molecule has 3 nitrogen and oxygen atoms in total. The molecule has 1 N–H and O–H groups in total. The Morgan fingerprint density at radius 2 is 1.50 bits per heavy atom. The Hall–Kier alpha value is -2.31. The Kier molecular flexibility index (Phi) is 12.4. The molecule has 0 unspecified atom stereocenters. The molecule has 3 aromatic carbocycles. The number of pyridine rings is 1. The third-order valence-electron chi connectivity index (χ3n) is 9.77. The molecule has 5 rings (SSSR count). The number of fused-ring (bicyclic) bond motifs is 4. The molecule has 0 amide bonds. The number of nitrogens with zero attached hydrogens (tertiary/aromatic N) is 1. The Morgan fingerprint density at radius 1 is 0.875 bits per heavy atom. The number of ketones is 1. The number of aliphatic hydroxyl groups excluding tert-OH is 1.